The molecule has 0 fully saturated rings. The lowest BCUT2D eigenvalue weighted by molar-refractivity contribution is -0.143. The molecule has 0 aromatic rings. The molecule has 0 radical (unpaired) electrons. The molecule has 0 saturated carbocycles. The predicted molar refractivity (Wildman–Crippen MR) is 81.2 cm³/mol. The first-order valence-corrected chi connectivity index (χ1v) is 7.85. The molecule has 0 saturated heterocycles. The zero-order chi connectivity index (χ0) is 14.7. The molecule has 2 unspecified atom stereocenters. The molecule has 3 heteroatoms. The summed E-state index contributed by atoms with van der Waals surface area (Å²) in [6.45, 7) is 8.66. The Kier molecular flexibility index (Phi) is 10.9. The zero-order valence-corrected chi connectivity index (χ0v) is 13.5. The molecule has 0 aliphatic heterocycles. The van der Waals surface area contributed by atoms with Gasteiger partial charge in [0.1, 0.15) is 6.04 Å². The van der Waals surface area contributed by atoms with Crippen molar-refractivity contribution in [3.63, 3.8) is 0 Å². The second-order valence-corrected chi connectivity index (χ2v) is 5.98. The molecule has 0 rings (SSSR count). The van der Waals surface area contributed by atoms with Gasteiger partial charge in [-0.05, 0) is 25.7 Å². The molecule has 0 aliphatic carbocycles. The highest BCUT2D eigenvalue weighted by atomic mass is 16.5. The molecule has 114 valence electrons. The van der Waals surface area contributed by atoms with Gasteiger partial charge in [0.2, 0.25) is 0 Å². The standard InChI is InChI=1S/C16H33NO2/c1-6-7-8-9-10-11-14(4)17-15(12-13(2)3)16(18)19-5/h13-15,17H,6-12H2,1-5H3. The fourth-order valence-corrected chi connectivity index (χ4v) is 2.33. The highest BCUT2D eigenvalue weighted by molar-refractivity contribution is 5.75. The summed E-state index contributed by atoms with van der Waals surface area (Å²) in [5.41, 5.74) is 0. The Morgan fingerprint density at radius 3 is 2.26 bits per heavy atom. The molecule has 0 heterocycles. The maximum absolute atomic E-state index is 11.7. The second kappa shape index (κ2) is 11.3. The summed E-state index contributed by atoms with van der Waals surface area (Å²) in [5.74, 6) is 0.361. The average Bonchev–Trinajstić information content (AvgIpc) is 2.36. The summed E-state index contributed by atoms with van der Waals surface area (Å²) < 4.78 is 4.87. The van der Waals surface area contributed by atoms with Gasteiger partial charge < -0.3 is 10.1 Å². The minimum atomic E-state index is -0.157. The summed E-state index contributed by atoms with van der Waals surface area (Å²) >= 11 is 0. The third-order valence-corrected chi connectivity index (χ3v) is 3.42. The number of rotatable bonds is 11. The first-order valence-electron chi connectivity index (χ1n) is 7.85. The van der Waals surface area contributed by atoms with Gasteiger partial charge in [0, 0.05) is 6.04 Å². The topological polar surface area (TPSA) is 38.3 Å². The molecule has 3 nitrogen and oxygen atoms in total. The molecule has 2 atom stereocenters. The maximum Gasteiger partial charge on any atom is 0.322 e. The van der Waals surface area contributed by atoms with E-state index in [1.807, 2.05) is 0 Å². The highest BCUT2D eigenvalue weighted by Gasteiger charge is 2.21. The lowest BCUT2D eigenvalue weighted by Crippen LogP contribution is -2.43. The number of ether oxygens (including phenoxy) is 1. The third kappa shape index (κ3) is 9.94. The largest absolute Gasteiger partial charge is 0.468 e. The van der Waals surface area contributed by atoms with Crippen molar-refractivity contribution in [2.75, 3.05) is 7.11 Å². The van der Waals surface area contributed by atoms with E-state index in [1.165, 1.54) is 39.2 Å². The molecule has 0 aromatic heterocycles. The molecule has 0 amide bonds. The van der Waals surface area contributed by atoms with Crippen LogP contribution in [0.3, 0.4) is 0 Å². The zero-order valence-electron chi connectivity index (χ0n) is 13.5. The molecule has 19 heavy (non-hydrogen) atoms. The van der Waals surface area contributed by atoms with E-state index in [0.717, 1.165) is 12.8 Å². The van der Waals surface area contributed by atoms with Crippen LogP contribution in [0.1, 0.15) is 72.6 Å². The van der Waals surface area contributed by atoms with Gasteiger partial charge in [-0.1, -0.05) is 52.9 Å². The lowest BCUT2D eigenvalue weighted by Gasteiger charge is -2.22. The number of carbonyl (C=O) groups excluding carboxylic acids is 1. The quantitative estimate of drug-likeness (QED) is 0.457. The SMILES string of the molecule is CCCCCCCC(C)NC(CC(C)C)C(=O)OC. The number of carbonyl (C=O) groups is 1. The predicted octanol–water partition coefficient (Wildman–Crippen LogP) is 3.91. The number of hydrogen-bond donors (Lipinski definition) is 1. The van der Waals surface area contributed by atoms with E-state index >= 15 is 0 Å². The van der Waals surface area contributed by atoms with Crippen molar-refractivity contribution >= 4 is 5.97 Å². The van der Waals surface area contributed by atoms with Crippen molar-refractivity contribution in [3.05, 3.63) is 0 Å². The summed E-state index contributed by atoms with van der Waals surface area (Å²) in [4.78, 5) is 11.7. The number of nitrogens with one attached hydrogen (secondary N) is 1. The Morgan fingerprint density at radius 1 is 1.11 bits per heavy atom. The van der Waals surface area contributed by atoms with Gasteiger partial charge in [0.05, 0.1) is 7.11 Å². The van der Waals surface area contributed by atoms with Gasteiger partial charge in [0.25, 0.3) is 0 Å². The van der Waals surface area contributed by atoms with Crippen LogP contribution in [0.5, 0.6) is 0 Å². The van der Waals surface area contributed by atoms with Crippen LogP contribution >= 0.6 is 0 Å². The normalized spacial score (nSPS) is 14.4. The fourth-order valence-electron chi connectivity index (χ4n) is 2.33. The first-order chi connectivity index (χ1) is 9.01. The van der Waals surface area contributed by atoms with E-state index < -0.39 is 0 Å². The average molecular weight is 271 g/mol. The van der Waals surface area contributed by atoms with E-state index in [-0.39, 0.29) is 12.0 Å². The van der Waals surface area contributed by atoms with Crippen molar-refractivity contribution in [1.82, 2.24) is 5.32 Å². The van der Waals surface area contributed by atoms with Crippen LogP contribution in [0.15, 0.2) is 0 Å². The summed E-state index contributed by atoms with van der Waals surface area (Å²) in [7, 11) is 1.47. The lowest BCUT2D eigenvalue weighted by atomic mass is 10.0. The van der Waals surface area contributed by atoms with E-state index in [2.05, 4.69) is 33.0 Å². The summed E-state index contributed by atoms with van der Waals surface area (Å²) in [6.07, 6.45) is 8.46. The van der Waals surface area contributed by atoms with E-state index in [9.17, 15) is 4.79 Å². The summed E-state index contributed by atoms with van der Waals surface area (Å²) in [5, 5.41) is 3.42. The second-order valence-electron chi connectivity index (χ2n) is 5.98. The van der Waals surface area contributed by atoms with Crippen LogP contribution in [0.25, 0.3) is 0 Å². The molecule has 0 aliphatic rings. The first kappa shape index (κ1) is 18.4. The van der Waals surface area contributed by atoms with Crippen molar-refractivity contribution < 1.29 is 9.53 Å². The highest BCUT2D eigenvalue weighted by Crippen LogP contribution is 2.11. The molecular weight excluding hydrogens is 238 g/mol. The van der Waals surface area contributed by atoms with Gasteiger partial charge >= 0.3 is 5.97 Å². The van der Waals surface area contributed by atoms with Gasteiger partial charge in [-0.2, -0.15) is 0 Å². The van der Waals surface area contributed by atoms with Crippen molar-refractivity contribution in [1.29, 1.82) is 0 Å². The minimum Gasteiger partial charge on any atom is -0.468 e. The number of esters is 1. The number of hydrogen-bond acceptors (Lipinski definition) is 3. The van der Waals surface area contributed by atoms with Crippen LogP contribution < -0.4 is 5.32 Å². The van der Waals surface area contributed by atoms with Crippen LogP contribution in [0.4, 0.5) is 0 Å². The Balaban J connectivity index is 3.95. The van der Waals surface area contributed by atoms with Crippen LogP contribution in [-0.2, 0) is 9.53 Å². The molecular formula is C16H33NO2. The van der Waals surface area contributed by atoms with Crippen molar-refractivity contribution in [2.45, 2.75) is 84.7 Å². The van der Waals surface area contributed by atoms with Crippen LogP contribution in [0.2, 0.25) is 0 Å². The fraction of sp³-hybridized carbons (Fsp3) is 0.938. The van der Waals surface area contributed by atoms with Gasteiger partial charge in [-0.15, -0.1) is 0 Å². The van der Waals surface area contributed by atoms with Gasteiger partial charge in [0.15, 0.2) is 0 Å². The van der Waals surface area contributed by atoms with Crippen LogP contribution in [-0.4, -0.2) is 25.2 Å². The van der Waals surface area contributed by atoms with Crippen molar-refractivity contribution in [2.24, 2.45) is 5.92 Å². The summed E-state index contributed by atoms with van der Waals surface area (Å²) in [6, 6.07) is 0.222. The van der Waals surface area contributed by atoms with E-state index in [1.54, 1.807) is 0 Å². The number of unbranched alkanes of at least 4 members (excludes halogenated alkanes) is 4. The van der Waals surface area contributed by atoms with E-state index in [4.69, 9.17) is 4.74 Å². The van der Waals surface area contributed by atoms with Gasteiger partial charge in [-0.3, -0.25) is 4.79 Å². The third-order valence-electron chi connectivity index (χ3n) is 3.42. The monoisotopic (exact) mass is 271 g/mol. The van der Waals surface area contributed by atoms with Gasteiger partial charge in [-0.25, -0.2) is 0 Å². The molecule has 1 N–H and O–H groups in total. The van der Waals surface area contributed by atoms with Crippen LogP contribution in [0, 0.1) is 5.92 Å². The van der Waals surface area contributed by atoms with Crippen molar-refractivity contribution in [3.8, 4) is 0 Å². The molecule has 0 spiro atoms. The Bertz CT molecular complexity index is 229. The maximum atomic E-state index is 11.7. The Morgan fingerprint density at radius 2 is 1.74 bits per heavy atom. The Labute approximate surface area is 119 Å². The van der Waals surface area contributed by atoms with E-state index in [0.29, 0.717) is 12.0 Å². The smallest absolute Gasteiger partial charge is 0.322 e. The molecule has 0 aromatic carbocycles. The number of methoxy groups -OCH3 is 1. The molecule has 0 bridgehead atoms. The Hall–Kier alpha value is -0.570. The minimum absolute atomic E-state index is 0.133.